The van der Waals surface area contributed by atoms with E-state index >= 15 is 0 Å². The van der Waals surface area contributed by atoms with Crippen LogP contribution in [0.15, 0.2) is 67.0 Å². The molecule has 0 atom stereocenters. The molecule has 0 saturated heterocycles. The predicted molar refractivity (Wildman–Crippen MR) is 128 cm³/mol. The van der Waals surface area contributed by atoms with Crippen LogP contribution in [-0.4, -0.2) is 32.0 Å². The Morgan fingerprint density at radius 3 is 1.52 bits per heavy atom. The van der Waals surface area contributed by atoms with Crippen molar-refractivity contribution in [3.8, 4) is 0 Å². The van der Waals surface area contributed by atoms with Crippen LogP contribution in [0, 0.1) is 0 Å². The number of para-hydroxylation sites is 2. The largest absolute Gasteiger partial charge is 2.00 e. The van der Waals surface area contributed by atoms with E-state index in [0.29, 0.717) is 41.4 Å². The molecule has 2 aromatic heterocycles. The van der Waals surface area contributed by atoms with Gasteiger partial charge in [-0.25, -0.2) is 0 Å². The van der Waals surface area contributed by atoms with Crippen LogP contribution in [0.1, 0.15) is 6.42 Å². The van der Waals surface area contributed by atoms with E-state index in [-0.39, 0.29) is 51.1 Å². The van der Waals surface area contributed by atoms with E-state index in [9.17, 15) is 9.59 Å². The fourth-order valence-electron chi connectivity index (χ4n) is 3.29. The SMILES string of the molecule is [Cl][Sn][Cl].[Cu+2].[NH-]c1oc2ccccc2c(=O)c1[NH2+]CCC[NH2+]c1c([NH-])oc2ccccc2c1=O. The van der Waals surface area contributed by atoms with E-state index in [1.165, 1.54) is 0 Å². The number of rotatable bonds is 6. The van der Waals surface area contributed by atoms with Crippen molar-refractivity contribution in [1.82, 2.24) is 0 Å². The first kappa shape index (κ1) is 27.5. The fourth-order valence-corrected chi connectivity index (χ4v) is 3.29. The van der Waals surface area contributed by atoms with Gasteiger partial charge in [0.05, 0.1) is 35.6 Å². The molecule has 0 bridgehead atoms. The van der Waals surface area contributed by atoms with E-state index in [1.807, 2.05) is 0 Å². The molecule has 3 radical (unpaired) electrons. The number of hydrogen-bond acceptors (Lipinski definition) is 4. The van der Waals surface area contributed by atoms with Gasteiger partial charge >= 0.3 is 53.8 Å². The maximum atomic E-state index is 12.6. The van der Waals surface area contributed by atoms with Gasteiger partial charge in [-0.1, -0.05) is 24.3 Å². The molecule has 4 rings (SSSR count). The summed E-state index contributed by atoms with van der Waals surface area (Å²) in [4.78, 5) is 25.1. The molecule has 0 fully saturated rings. The Labute approximate surface area is 217 Å². The maximum absolute atomic E-state index is 12.6. The molecule has 0 unspecified atom stereocenters. The molecule has 0 aliphatic heterocycles. The Bertz CT molecular complexity index is 1250. The van der Waals surface area contributed by atoms with Gasteiger partial charge in [-0.15, -0.1) is 0 Å². The number of halogens is 2. The third-order valence-electron chi connectivity index (χ3n) is 4.77. The molecule has 33 heavy (non-hydrogen) atoms. The van der Waals surface area contributed by atoms with Crippen LogP contribution in [0.5, 0.6) is 0 Å². The van der Waals surface area contributed by atoms with E-state index < -0.39 is 18.9 Å². The normalized spacial score (nSPS) is 10.5. The molecule has 0 aliphatic carbocycles. The average Bonchev–Trinajstić information content (AvgIpc) is 2.78. The zero-order chi connectivity index (χ0) is 23.1. The Balaban J connectivity index is 0.000000914. The van der Waals surface area contributed by atoms with E-state index in [0.717, 1.165) is 0 Å². The first-order valence-electron chi connectivity index (χ1n) is 9.65. The minimum Gasteiger partial charge on any atom is -0.663 e. The number of hydrogen-bond donors (Lipinski definition) is 2. The Morgan fingerprint density at radius 2 is 1.12 bits per heavy atom. The van der Waals surface area contributed by atoms with Gasteiger partial charge in [-0.2, -0.15) is 0 Å². The van der Waals surface area contributed by atoms with Crippen molar-refractivity contribution in [3.63, 3.8) is 0 Å². The van der Waals surface area contributed by atoms with Crippen molar-refractivity contribution in [2.45, 2.75) is 6.42 Å². The predicted octanol–water partition coefficient (Wildman–Crippen LogP) is 3.74. The molecule has 2 aromatic carbocycles. The van der Waals surface area contributed by atoms with Gasteiger partial charge in [-0.05, 0) is 24.3 Å². The number of nitrogens with two attached hydrogens (primary N) is 2. The summed E-state index contributed by atoms with van der Waals surface area (Å²) in [6.07, 6.45) is 0.650. The van der Waals surface area contributed by atoms with Crippen LogP contribution in [0.25, 0.3) is 33.4 Å². The molecule has 0 spiro atoms. The Hall–Kier alpha value is -1.72. The molecule has 12 heteroatoms. The molecule has 8 nitrogen and oxygen atoms in total. The van der Waals surface area contributed by atoms with Crippen molar-refractivity contribution in [1.29, 1.82) is 0 Å². The topological polar surface area (TPSA) is 141 Å². The second-order valence-corrected chi connectivity index (χ2v) is 11.0. The number of benzene rings is 2. The third-order valence-corrected chi connectivity index (χ3v) is 4.77. The summed E-state index contributed by atoms with van der Waals surface area (Å²) >= 11 is -0.826. The van der Waals surface area contributed by atoms with E-state index in [2.05, 4.69) is 0 Å². The van der Waals surface area contributed by atoms with Crippen molar-refractivity contribution < 1.29 is 36.5 Å². The summed E-state index contributed by atoms with van der Waals surface area (Å²) in [5.74, 6) is -0.303. The van der Waals surface area contributed by atoms with Crippen LogP contribution >= 0.6 is 17.8 Å². The number of nitrogens with one attached hydrogen (secondary N) is 2. The molecule has 0 saturated carbocycles. The molecule has 0 amide bonds. The summed E-state index contributed by atoms with van der Waals surface area (Å²) in [7, 11) is 9.87. The standard InChI is InChI=1S/C21H20N4O4.2ClH.Cu.Sn/c22-20-16(18(26)12-6-1-3-8-14(12)28-20)24-10-5-11-25-17-19(27)13-7-2-4-9-15(13)29-21(17)23;;;;/h1-4,6-9,24-25H,5,10-11H2,(H4,22,23,26,27);2*1H;;/q;;;2*+2/p-2. The molecule has 6 N–H and O–H groups in total. The van der Waals surface area contributed by atoms with E-state index in [1.54, 1.807) is 59.2 Å². The Morgan fingerprint density at radius 1 is 0.758 bits per heavy atom. The third kappa shape index (κ3) is 6.66. The van der Waals surface area contributed by atoms with Crippen LogP contribution in [0.3, 0.4) is 0 Å². The quantitative estimate of drug-likeness (QED) is 0.244. The van der Waals surface area contributed by atoms with Crippen molar-refractivity contribution in [3.05, 3.63) is 80.4 Å². The summed E-state index contributed by atoms with van der Waals surface area (Å²) in [5.41, 5.74) is 16.8. The van der Waals surface area contributed by atoms with Crippen molar-refractivity contribution >= 4 is 81.8 Å². The second kappa shape index (κ2) is 13.2. The number of fused-ring (bicyclic) bond motifs is 2. The van der Waals surface area contributed by atoms with Crippen LogP contribution in [0.4, 0.5) is 23.1 Å². The van der Waals surface area contributed by atoms with Crippen LogP contribution in [-0.2, 0) is 17.1 Å². The molecule has 2 heterocycles. The van der Waals surface area contributed by atoms with Gasteiger partial charge in [-0.3, -0.25) is 9.59 Å². The smallest absolute Gasteiger partial charge is 0.663 e. The zero-order valence-corrected chi connectivity index (χ0v) is 22.4. The van der Waals surface area contributed by atoms with Gasteiger partial charge in [0.25, 0.3) is 10.9 Å². The first-order chi connectivity index (χ1) is 15.5. The summed E-state index contributed by atoms with van der Waals surface area (Å²) in [6.45, 7) is 1.08. The summed E-state index contributed by atoms with van der Waals surface area (Å²) in [5, 5.41) is 4.29. The van der Waals surface area contributed by atoms with E-state index in [4.69, 9.17) is 38.1 Å². The molecule has 4 aromatic rings. The van der Waals surface area contributed by atoms with Crippen molar-refractivity contribution in [2.24, 2.45) is 0 Å². The number of quaternary nitrogens is 2. The Kier molecular flexibility index (Phi) is 11.0. The van der Waals surface area contributed by atoms with Gasteiger partial charge in [0.2, 0.25) is 0 Å². The van der Waals surface area contributed by atoms with Crippen LogP contribution < -0.4 is 21.5 Å². The zero-order valence-electron chi connectivity index (χ0n) is 17.1. The summed E-state index contributed by atoms with van der Waals surface area (Å²) in [6, 6.07) is 13.7. The second-order valence-electron chi connectivity index (χ2n) is 6.75. The maximum Gasteiger partial charge on any atom is 2.00 e. The summed E-state index contributed by atoms with van der Waals surface area (Å²) < 4.78 is 10.8. The molecular formula is C21H20Cl2CuN4O4Sn+2. The molecular weight excluding hydrogens is 625 g/mol. The van der Waals surface area contributed by atoms with Gasteiger partial charge in [0.15, 0.2) is 11.4 Å². The molecule has 175 valence electrons. The van der Waals surface area contributed by atoms with Gasteiger partial charge in [0, 0.05) is 6.42 Å². The van der Waals surface area contributed by atoms with Crippen LogP contribution in [0.2, 0.25) is 0 Å². The van der Waals surface area contributed by atoms with Crippen molar-refractivity contribution in [2.75, 3.05) is 13.1 Å². The monoisotopic (exact) mass is 645 g/mol. The minimum atomic E-state index is -0.826. The first-order valence-corrected chi connectivity index (χ1v) is 16.9. The van der Waals surface area contributed by atoms with Gasteiger partial charge in [0.1, 0.15) is 11.2 Å². The minimum absolute atomic E-state index is 0. The average molecular weight is 646 g/mol. The fraction of sp³-hybridized carbons (Fsp3) is 0.143. The molecule has 0 aliphatic rings. The van der Waals surface area contributed by atoms with Gasteiger partial charge < -0.3 is 30.9 Å².